The fourth-order valence-electron chi connectivity index (χ4n) is 2.47. The van der Waals surface area contributed by atoms with Crippen molar-refractivity contribution >= 4 is 11.8 Å². The van der Waals surface area contributed by atoms with E-state index >= 15 is 0 Å². The summed E-state index contributed by atoms with van der Waals surface area (Å²) in [5.74, 6) is 2.23. The Labute approximate surface area is 136 Å². The average molecular weight is 312 g/mol. The largest absolute Gasteiger partial charge is 0.374 e. The number of ether oxygens (including phenoxy) is 1. The van der Waals surface area contributed by atoms with Crippen LogP contribution in [0.4, 0.5) is 0 Å². The highest BCUT2D eigenvalue weighted by atomic mass is 16.5. The monoisotopic (exact) mass is 312 g/mol. The third kappa shape index (κ3) is 4.44. The maximum absolute atomic E-state index is 12.8. The van der Waals surface area contributed by atoms with Crippen LogP contribution in [0.5, 0.6) is 0 Å². The van der Waals surface area contributed by atoms with E-state index in [-0.39, 0.29) is 24.5 Å². The van der Waals surface area contributed by atoms with E-state index in [0.717, 1.165) is 5.56 Å². The second-order valence-corrected chi connectivity index (χ2v) is 5.23. The molecule has 1 saturated heterocycles. The lowest BCUT2D eigenvalue weighted by Crippen LogP contribution is -2.45. The molecule has 1 aliphatic heterocycles. The van der Waals surface area contributed by atoms with Gasteiger partial charge in [-0.3, -0.25) is 9.59 Å². The van der Waals surface area contributed by atoms with E-state index in [1.54, 1.807) is 11.0 Å². The zero-order valence-corrected chi connectivity index (χ0v) is 13.0. The minimum Gasteiger partial charge on any atom is -0.374 e. The van der Waals surface area contributed by atoms with Gasteiger partial charge in [0.1, 0.15) is 0 Å². The number of amides is 2. The second kappa shape index (κ2) is 8.16. The van der Waals surface area contributed by atoms with Crippen LogP contribution in [0.2, 0.25) is 0 Å². The van der Waals surface area contributed by atoms with Crippen LogP contribution in [-0.2, 0) is 16.1 Å². The van der Waals surface area contributed by atoms with E-state index in [9.17, 15) is 9.59 Å². The zero-order valence-electron chi connectivity index (χ0n) is 13.0. The molecule has 1 aromatic carbocycles. The van der Waals surface area contributed by atoms with E-state index in [4.69, 9.17) is 11.2 Å². The van der Waals surface area contributed by atoms with Crippen molar-refractivity contribution in [3.8, 4) is 12.3 Å². The number of rotatable bonds is 5. The van der Waals surface area contributed by atoms with Crippen LogP contribution >= 0.6 is 0 Å². The number of benzene rings is 1. The number of hydrogen-bond donors (Lipinski definition) is 1. The van der Waals surface area contributed by atoms with Crippen LogP contribution in [0.15, 0.2) is 36.9 Å². The molecule has 0 aliphatic carbocycles. The minimum absolute atomic E-state index is 0.0706. The van der Waals surface area contributed by atoms with Gasteiger partial charge in [0.2, 0.25) is 5.91 Å². The smallest absolute Gasteiger partial charge is 0.254 e. The predicted molar refractivity (Wildman–Crippen MR) is 87.6 cm³/mol. The first-order chi connectivity index (χ1) is 11.2. The standard InChI is InChI=1S/C18H20N2O3/c1-3-7-15-13-20(10-11-23-15)18(22)16-9-6-5-8-14(16)12-19-17(21)4-2/h1,4-6,8-9,15H,2,7,10-13H2,(H,19,21). The molecule has 1 atom stereocenters. The Balaban J connectivity index is 2.11. The van der Waals surface area contributed by atoms with Gasteiger partial charge in [-0.05, 0) is 17.7 Å². The van der Waals surface area contributed by atoms with Gasteiger partial charge in [0, 0.05) is 31.6 Å². The highest BCUT2D eigenvalue weighted by Gasteiger charge is 2.25. The lowest BCUT2D eigenvalue weighted by atomic mass is 10.1. The van der Waals surface area contributed by atoms with Crippen molar-refractivity contribution < 1.29 is 14.3 Å². The predicted octanol–water partition coefficient (Wildman–Crippen LogP) is 1.35. The highest BCUT2D eigenvalue weighted by molar-refractivity contribution is 5.96. The first kappa shape index (κ1) is 16.8. The van der Waals surface area contributed by atoms with Crippen LogP contribution in [0, 0.1) is 12.3 Å². The van der Waals surface area contributed by atoms with Gasteiger partial charge in [0.15, 0.2) is 0 Å². The quantitative estimate of drug-likeness (QED) is 0.659. The first-order valence-corrected chi connectivity index (χ1v) is 7.48. The van der Waals surface area contributed by atoms with Gasteiger partial charge in [0.05, 0.1) is 12.7 Å². The summed E-state index contributed by atoms with van der Waals surface area (Å²) in [5.41, 5.74) is 1.35. The molecule has 1 heterocycles. The number of nitrogens with zero attached hydrogens (tertiary/aromatic N) is 1. The van der Waals surface area contributed by atoms with Gasteiger partial charge < -0.3 is 15.0 Å². The minimum atomic E-state index is -0.271. The van der Waals surface area contributed by atoms with Crippen LogP contribution in [-0.4, -0.2) is 42.5 Å². The topological polar surface area (TPSA) is 58.6 Å². The Morgan fingerprint density at radius 3 is 3.00 bits per heavy atom. The zero-order chi connectivity index (χ0) is 16.7. The molecule has 5 heteroatoms. The van der Waals surface area contributed by atoms with Gasteiger partial charge in [-0.1, -0.05) is 24.8 Å². The van der Waals surface area contributed by atoms with Crippen LogP contribution in [0.25, 0.3) is 0 Å². The number of terminal acetylenes is 1. The van der Waals surface area contributed by atoms with E-state index in [1.165, 1.54) is 6.08 Å². The Morgan fingerprint density at radius 2 is 2.26 bits per heavy atom. The summed E-state index contributed by atoms with van der Waals surface area (Å²) in [4.78, 5) is 25.8. The average Bonchev–Trinajstić information content (AvgIpc) is 2.60. The maximum Gasteiger partial charge on any atom is 0.254 e. The summed E-state index contributed by atoms with van der Waals surface area (Å²) < 4.78 is 5.55. The first-order valence-electron chi connectivity index (χ1n) is 7.48. The molecule has 2 amide bonds. The molecule has 0 spiro atoms. The molecule has 120 valence electrons. The van der Waals surface area contributed by atoms with Crippen LogP contribution in [0.1, 0.15) is 22.3 Å². The van der Waals surface area contributed by atoms with E-state index in [0.29, 0.717) is 31.7 Å². The normalized spacial score (nSPS) is 17.2. The van der Waals surface area contributed by atoms with Gasteiger partial charge in [-0.2, -0.15) is 0 Å². The van der Waals surface area contributed by atoms with E-state index in [2.05, 4.69) is 17.8 Å². The molecule has 2 rings (SSSR count). The molecule has 0 saturated carbocycles. The number of nitrogens with one attached hydrogen (secondary N) is 1. The van der Waals surface area contributed by atoms with Crippen molar-refractivity contribution in [2.24, 2.45) is 0 Å². The summed E-state index contributed by atoms with van der Waals surface area (Å²) >= 11 is 0. The van der Waals surface area contributed by atoms with Gasteiger partial charge in [0.25, 0.3) is 5.91 Å². The lowest BCUT2D eigenvalue weighted by Gasteiger charge is -2.32. The Kier molecular flexibility index (Phi) is 5.95. The van der Waals surface area contributed by atoms with Gasteiger partial charge in [-0.15, -0.1) is 12.3 Å². The van der Waals surface area contributed by atoms with Crippen molar-refractivity contribution in [1.82, 2.24) is 10.2 Å². The fourth-order valence-corrected chi connectivity index (χ4v) is 2.47. The number of carbonyl (C=O) groups is 2. The molecule has 5 nitrogen and oxygen atoms in total. The van der Waals surface area contributed by atoms with Gasteiger partial charge >= 0.3 is 0 Å². The molecule has 1 N–H and O–H groups in total. The molecule has 23 heavy (non-hydrogen) atoms. The third-order valence-corrected chi connectivity index (χ3v) is 3.66. The van der Waals surface area contributed by atoms with Crippen LogP contribution < -0.4 is 5.32 Å². The molecule has 1 unspecified atom stereocenters. The SMILES string of the molecule is C#CCC1CN(C(=O)c2ccccc2CNC(=O)C=C)CCO1. The van der Waals surface area contributed by atoms with Crippen LogP contribution in [0.3, 0.4) is 0 Å². The van der Waals surface area contributed by atoms with Crippen molar-refractivity contribution in [2.75, 3.05) is 19.7 Å². The van der Waals surface area contributed by atoms with Gasteiger partial charge in [-0.25, -0.2) is 0 Å². The molecule has 1 aromatic rings. The summed E-state index contributed by atoms with van der Waals surface area (Å²) in [6, 6.07) is 7.25. The summed E-state index contributed by atoms with van der Waals surface area (Å²) in [6.45, 7) is 5.19. The summed E-state index contributed by atoms with van der Waals surface area (Å²) in [7, 11) is 0. The van der Waals surface area contributed by atoms with Crippen molar-refractivity contribution in [3.63, 3.8) is 0 Å². The molecular weight excluding hydrogens is 292 g/mol. The summed E-state index contributed by atoms with van der Waals surface area (Å²) in [5, 5.41) is 2.70. The molecule has 0 aromatic heterocycles. The lowest BCUT2D eigenvalue weighted by molar-refractivity contribution is -0.116. The number of hydrogen-bond acceptors (Lipinski definition) is 3. The third-order valence-electron chi connectivity index (χ3n) is 3.66. The molecule has 1 aliphatic rings. The highest BCUT2D eigenvalue weighted by Crippen LogP contribution is 2.16. The number of morpholine rings is 1. The fraction of sp³-hybridized carbons (Fsp3) is 0.333. The van der Waals surface area contributed by atoms with E-state index in [1.807, 2.05) is 18.2 Å². The summed E-state index contributed by atoms with van der Waals surface area (Å²) in [6.07, 6.45) is 6.89. The molecule has 0 radical (unpaired) electrons. The van der Waals surface area contributed by atoms with Crippen molar-refractivity contribution in [1.29, 1.82) is 0 Å². The second-order valence-electron chi connectivity index (χ2n) is 5.23. The molecule has 0 bridgehead atoms. The Hall–Kier alpha value is -2.58. The number of carbonyl (C=O) groups excluding carboxylic acids is 2. The molecule has 1 fully saturated rings. The molecular formula is C18H20N2O3. The Morgan fingerprint density at radius 1 is 1.48 bits per heavy atom. The van der Waals surface area contributed by atoms with E-state index < -0.39 is 0 Å². The van der Waals surface area contributed by atoms with Crippen molar-refractivity contribution in [3.05, 3.63) is 48.0 Å². The maximum atomic E-state index is 12.8. The van der Waals surface area contributed by atoms with Crippen molar-refractivity contribution in [2.45, 2.75) is 19.1 Å². The Bertz CT molecular complexity index is 633.